The maximum absolute atomic E-state index is 13.3. The van der Waals surface area contributed by atoms with E-state index in [0.29, 0.717) is 13.2 Å². The molecule has 0 bridgehead atoms. The summed E-state index contributed by atoms with van der Waals surface area (Å²) in [6, 6.07) is 22.7. The molecule has 0 aromatic heterocycles. The van der Waals surface area contributed by atoms with Crippen molar-refractivity contribution in [3.63, 3.8) is 0 Å². The molecule has 0 saturated carbocycles. The third kappa shape index (κ3) is 6.32. The van der Waals surface area contributed by atoms with Crippen molar-refractivity contribution in [2.24, 2.45) is 0 Å². The zero-order valence-electron chi connectivity index (χ0n) is 17.7. The first-order chi connectivity index (χ1) is 15.4. The summed E-state index contributed by atoms with van der Waals surface area (Å²) in [6.45, 7) is 2.46. The lowest BCUT2D eigenvalue weighted by Gasteiger charge is -2.25. The molecule has 32 heavy (non-hydrogen) atoms. The highest BCUT2D eigenvalue weighted by atomic mass is 35.5. The van der Waals surface area contributed by atoms with Crippen LogP contribution in [0.1, 0.15) is 11.1 Å². The van der Waals surface area contributed by atoms with Gasteiger partial charge in [0, 0.05) is 6.54 Å². The largest absolute Gasteiger partial charge is 0.375 e. The molecule has 3 aromatic rings. The number of carbonyl (C=O) groups is 1. The van der Waals surface area contributed by atoms with Gasteiger partial charge in [-0.05, 0) is 36.8 Å². The second-order valence-electron chi connectivity index (χ2n) is 7.16. The Hall–Kier alpha value is -2.87. The highest BCUT2D eigenvalue weighted by Crippen LogP contribution is 2.30. The summed E-state index contributed by atoms with van der Waals surface area (Å²) in [5.41, 5.74) is 2.21. The Labute approximate surface area is 193 Å². The molecular weight excluding hydrogens is 448 g/mol. The first-order valence-electron chi connectivity index (χ1n) is 10.1. The summed E-state index contributed by atoms with van der Waals surface area (Å²) in [4.78, 5) is 12.7. The van der Waals surface area contributed by atoms with Gasteiger partial charge in [-0.3, -0.25) is 9.10 Å². The lowest BCUT2D eigenvalue weighted by atomic mass is 10.2. The zero-order chi connectivity index (χ0) is 23.0. The molecule has 3 aromatic carbocycles. The van der Waals surface area contributed by atoms with Crippen molar-refractivity contribution >= 4 is 33.2 Å². The van der Waals surface area contributed by atoms with Crippen LogP contribution in [0, 0.1) is 6.92 Å². The monoisotopic (exact) mass is 472 g/mol. The number of anilines is 1. The third-order valence-corrected chi connectivity index (χ3v) is 6.79. The number of sulfonamides is 1. The summed E-state index contributed by atoms with van der Waals surface area (Å²) < 4.78 is 33.2. The van der Waals surface area contributed by atoms with Crippen LogP contribution in [0.2, 0.25) is 5.02 Å². The van der Waals surface area contributed by atoms with E-state index in [9.17, 15) is 13.2 Å². The number of ether oxygens (including phenoxy) is 1. The molecular formula is C24H25ClN2O4S. The van der Waals surface area contributed by atoms with Gasteiger partial charge in [0.25, 0.3) is 10.0 Å². The molecule has 0 aliphatic heterocycles. The molecule has 6 nitrogen and oxygen atoms in total. The van der Waals surface area contributed by atoms with Gasteiger partial charge in [0.15, 0.2) is 0 Å². The van der Waals surface area contributed by atoms with Gasteiger partial charge < -0.3 is 10.1 Å². The minimum atomic E-state index is -4.00. The predicted octanol–water partition coefficient (Wildman–Crippen LogP) is 4.18. The SMILES string of the molecule is Cc1ccc(S(=O)(=O)N(CC(=O)NCCOCc2ccccc2)c2ccccc2Cl)cc1. The molecule has 0 heterocycles. The van der Waals surface area contributed by atoms with Crippen molar-refractivity contribution in [3.05, 3.63) is 95.0 Å². The zero-order valence-corrected chi connectivity index (χ0v) is 19.3. The molecule has 0 aliphatic rings. The van der Waals surface area contributed by atoms with E-state index in [0.717, 1.165) is 15.4 Å². The van der Waals surface area contributed by atoms with Crippen molar-refractivity contribution in [2.75, 3.05) is 24.0 Å². The van der Waals surface area contributed by atoms with Gasteiger partial charge >= 0.3 is 0 Å². The standard InChI is InChI=1S/C24H25ClN2O4S/c1-19-11-13-21(14-12-19)32(29,30)27(23-10-6-5-9-22(23)25)17-24(28)26-15-16-31-18-20-7-3-2-4-8-20/h2-14H,15-18H2,1H3,(H,26,28). The van der Waals surface area contributed by atoms with Gasteiger partial charge in [0.05, 0.1) is 28.8 Å². The summed E-state index contributed by atoms with van der Waals surface area (Å²) >= 11 is 6.27. The minimum Gasteiger partial charge on any atom is -0.375 e. The van der Waals surface area contributed by atoms with Gasteiger partial charge in [-0.15, -0.1) is 0 Å². The van der Waals surface area contributed by atoms with Crippen molar-refractivity contribution in [3.8, 4) is 0 Å². The molecule has 0 radical (unpaired) electrons. The first kappa shape index (κ1) is 23.8. The number of amides is 1. The molecule has 0 spiro atoms. The van der Waals surface area contributed by atoms with Crippen LogP contribution in [-0.4, -0.2) is 34.0 Å². The molecule has 0 fully saturated rings. The number of nitrogens with zero attached hydrogens (tertiary/aromatic N) is 1. The van der Waals surface area contributed by atoms with E-state index >= 15 is 0 Å². The number of nitrogens with one attached hydrogen (secondary N) is 1. The number of para-hydroxylation sites is 1. The normalized spacial score (nSPS) is 11.2. The van der Waals surface area contributed by atoms with Crippen LogP contribution in [-0.2, 0) is 26.2 Å². The average molecular weight is 473 g/mol. The van der Waals surface area contributed by atoms with E-state index in [1.807, 2.05) is 37.3 Å². The fourth-order valence-corrected chi connectivity index (χ4v) is 4.73. The molecule has 0 unspecified atom stereocenters. The van der Waals surface area contributed by atoms with Crippen LogP contribution in [0.5, 0.6) is 0 Å². The number of hydrogen-bond donors (Lipinski definition) is 1. The minimum absolute atomic E-state index is 0.0852. The maximum Gasteiger partial charge on any atom is 0.264 e. The Balaban J connectivity index is 1.67. The number of rotatable bonds is 10. The van der Waals surface area contributed by atoms with E-state index in [2.05, 4.69) is 5.32 Å². The number of halogens is 1. The Bertz CT molecular complexity index is 1140. The van der Waals surface area contributed by atoms with E-state index < -0.39 is 22.5 Å². The molecule has 1 N–H and O–H groups in total. The van der Waals surface area contributed by atoms with Gasteiger partial charge in [0.1, 0.15) is 6.54 Å². The van der Waals surface area contributed by atoms with Crippen LogP contribution in [0.25, 0.3) is 0 Å². The number of benzene rings is 3. The van der Waals surface area contributed by atoms with Crippen molar-refractivity contribution in [1.82, 2.24) is 5.32 Å². The molecule has 0 aliphatic carbocycles. The molecule has 0 atom stereocenters. The highest BCUT2D eigenvalue weighted by Gasteiger charge is 2.28. The van der Waals surface area contributed by atoms with Crippen LogP contribution >= 0.6 is 11.6 Å². The number of hydrogen-bond acceptors (Lipinski definition) is 4. The summed E-state index contributed by atoms with van der Waals surface area (Å²) in [6.07, 6.45) is 0. The van der Waals surface area contributed by atoms with Crippen LogP contribution in [0.4, 0.5) is 5.69 Å². The van der Waals surface area contributed by atoms with Gasteiger partial charge in [0.2, 0.25) is 5.91 Å². The molecule has 168 valence electrons. The van der Waals surface area contributed by atoms with E-state index in [4.69, 9.17) is 16.3 Å². The highest BCUT2D eigenvalue weighted by molar-refractivity contribution is 7.92. The van der Waals surface area contributed by atoms with Gasteiger partial charge in [-0.1, -0.05) is 71.8 Å². The van der Waals surface area contributed by atoms with E-state index in [-0.39, 0.29) is 22.2 Å². The second-order valence-corrected chi connectivity index (χ2v) is 9.43. The van der Waals surface area contributed by atoms with Crippen LogP contribution in [0.3, 0.4) is 0 Å². The van der Waals surface area contributed by atoms with Crippen molar-refractivity contribution < 1.29 is 17.9 Å². The average Bonchev–Trinajstić information content (AvgIpc) is 2.79. The van der Waals surface area contributed by atoms with Crippen molar-refractivity contribution in [1.29, 1.82) is 0 Å². The Morgan fingerprint density at radius 3 is 2.31 bits per heavy atom. The molecule has 3 rings (SSSR count). The quantitative estimate of drug-likeness (QED) is 0.449. The van der Waals surface area contributed by atoms with Crippen LogP contribution in [0.15, 0.2) is 83.8 Å². The third-order valence-electron chi connectivity index (χ3n) is 4.70. The molecule has 1 amide bonds. The maximum atomic E-state index is 13.3. The lowest BCUT2D eigenvalue weighted by Crippen LogP contribution is -2.41. The van der Waals surface area contributed by atoms with Gasteiger partial charge in [-0.25, -0.2) is 8.42 Å². The second kappa shape index (κ2) is 11.1. The van der Waals surface area contributed by atoms with E-state index in [1.54, 1.807) is 36.4 Å². The molecule has 0 saturated heterocycles. The summed E-state index contributed by atoms with van der Waals surface area (Å²) in [5.74, 6) is -0.455. The van der Waals surface area contributed by atoms with Gasteiger partial charge in [-0.2, -0.15) is 0 Å². The lowest BCUT2D eigenvalue weighted by molar-refractivity contribution is -0.119. The summed E-state index contributed by atoms with van der Waals surface area (Å²) in [5, 5.41) is 2.95. The Morgan fingerprint density at radius 1 is 0.969 bits per heavy atom. The first-order valence-corrected chi connectivity index (χ1v) is 11.9. The number of carbonyl (C=O) groups excluding carboxylic acids is 1. The summed E-state index contributed by atoms with van der Waals surface area (Å²) in [7, 11) is -4.00. The number of aryl methyl sites for hydroxylation is 1. The predicted molar refractivity (Wildman–Crippen MR) is 126 cm³/mol. The Kier molecular flexibility index (Phi) is 8.27. The van der Waals surface area contributed by atoms with Crippen LogP contribution < -0.4 is 9.62 Å². The van der Waals surface area contributed by atoms with E-state index in [1.165, 1.54) is 12.1 Å². The smallest absolute Gasteiger partial charge is 0.264 e. The topological polar surface area (TPSA) is 75.7 Å². The van der Waals surface area contributed by atoms with Crippen molar-refractivity contribution in [2.45, 2.75) is 18.4 Å². The fourth-order valence-electron chi connectivity index (χ4n) is 3.00. The molecule has 8 heteroatoms. The fraction of sp³-hybridized carbons (Fsp3) is 0.208. The Morgan fingerprint density at radius 2 is 1.62 bits per heavy atom.